The van der Waals surface area contributed by atoms with E-state index >= 15 is 0 Å². The van der Waals surface area contributed by atoms with Crippen molar-refractivity contribution in [1.29, 1.82) is 0 Å². The molecule has 0 aromatic heterocycles. The Balaban J connectivity index is 2.15. The van der Waals surface area contributed by atoms with Crippen LogP contribution in [0.15, 0.2) is 40.9 Å². The van der Waals surface area contributed by atoms with Gasteiger partial charge in [-0.25, -0.2) is 13.2 Å². The first-order valence-corrected chi connectivity index (χ1v) is 6.44. The van der Waals surface area contributed by atoms with Crippen LogP contribution in [0.4, 0.5) is 18.9 Å². The van der Waals surface area contributed by atoms with Gasteiger partial charge < -0.3 is 5.32 Å². The largest absolute Gasteiger partial charge is 0.321 e. The number of rotatable bonds is 3. The fourth-order valence-corrected chi connectivity index (χ4v) is 2.06. The number of carbonyl (C=O) groups is 1. The lowest BCUT2D eigenvalue weighted by Crippen LogP contribution is -2.17. The van der Waals surface area contributed by atoms with Crippen molar-refractivity contribution < 1.29 is 18.0 Å². The van der Waals surface area contributed by atoms with Crippen LogP contribution < -0.4 is 5.32 Å². The molecule has 0 spiro atoms. The van der Waals surface area contributed by atoms with Gasteiger partial charge in [0.05, 0.1) is 6.42 Å². The molecule has 0 aliphatic carbocycles. The van der Waals surface area contributed by atoms with Gasteiger partial charge in [0, 0.05) is 4.47 Å². The van der Waals surface area contributed by atoms with Crippen molar-refractivity contribution in [3.8, 4) is 0 Å². The number of amides is 1. The lowest BCUT2D eigenvalue weighted by atomic mass is 10.1. The maximum absolute atomic E-state index is 13.5. The van der Waals surface area contributed by atoms with Crippen molar-refractivity contribution in [2.75, 3.05) is 5.32 Å². The third-order valence-electron chi connectivity index (χ3n) is 2.58. The fourth-order valence-electron chi connectivity index (χ4n) is 1.66. The normalized spacial score (nSPS) is 10.4. The molecule has 0 bridgehead atoms. The Morgan fingerprint density at radius 1 is 1.05 bits per heavy atom. The number of halogens is 4. The van der Waals surface area contributed by atoms with Gasteiger partial charge in [0.25, 0.3) is 0 Å². The minimum absolute atomic E-state index is 0.155. The summed E-state index contributed by atoms with van der Waals surface area (Å²) in [5.41, 5.74) is -0.391. The first-order valence-electron chi connectivity index (χ1n) is 5.65. The standard InChI is InChI=1S/C14H9BrF3NO/c15-9-6-11(17)14(12(18)7-9)19-13(20)5-8-3-1-2-4-10(8)16/h1-4,6-7H,5H2,(H,19,20). The summed E-state index contributed by atoms with van der Waals surface area (Å²) < 4.78 is 40.6. The summed E-state index contributed by atoms with van der Waals surface area (Å²) in [6.45, 7) is 0. The zero-order valence-corrected chi connectivity index (χ0v) is 11.7. The Morgan fingerprint density at radius 2 is 1.65 bits per heavy atom. The van der Waals surface area contributed by atoms with E-state index in [1.165, 1.54) is 18.2 Å². The van der Waals surface area contributed by atoms with Crippen molar-refractivity contribution in [3.05, 3.63) is 63.9 Å². The molecule has 0 heterocycles. The molecule has 0 atom stereocenters. The fraction of sp³-hybridized carbons (Fsp3) is 0.0714. The zero-order valence-electron chi connectivity index (χ0n) is 10.1. The molecular weight excluding hydrogens is 335 g/mol. The molecule has 0 aliphatic heterocycles. The predicted octanol–water partition coefficient (Wildman–Crippen LogP) is 4.05. The van der Waals surface area contributed by atoms with E-state index in [-0.39, 0.29) is 16.5 Å². The summed E-state index contributed by atoms with van der Waals surface area (Å²) in [7, 11) is 0. The predicted molar refractivity (Wildman–Crippen MR) is 72.8 cm³/mol. The first kappa shape index (κ1) is 14.6. The molecule has 20 heavy (non-hydrogen) atoms. The molecule has 2 rings (SSSR count). The Bertz CT molecular complexity index is 638. The van der Waals surface area contributed by atoms with Crippen molar-refractivity contribution >= 4 is 27.5 Å². The Labute approximate surface area is 121 Å². The number of anilines is 1. The average Bonchev–Trinajstić information content (AvgIpc) is 2.36. The van der Waals surface area contributed by atoms with Gasteiger partial charge in [-0.1, -0.05) is 34.1 Å². The second-order valence-corrected chi connectivity index (χ2v) is 4.98. The highest BCUT2D eigenvalue weighted by Gasteiger charge is 2.14. The summed E-state index contributed by atoms with van der Waals surface area (Å²) in [5, 5.41) is 2.10. The van der Waals surface area contributed by atoms with Crippen molar-refractivity contribution in [1.82, 2.24) is 0 Å². The van der Waals surface area contributed by atoms with Crippen molar-refractivity contribution in [2.45, 2.75) is 6.42 Å². The highest BCUT2D eigenvalue weighted by atomic mass is 79.9. The number of hydrogen-bond acceptors (Lipinski definition) is 1. The van der Waals surface area contributed by atoms with Crippen LogP contribution in [-0.2, 0) is 11.2 Å². The monoisotopic (exact) mass is 343 g/mol. The van der Waals surface area contributed by atoms with E-state index in [2.05, 4.69) is 21.2 Å². The Kier molecular flexibility index (Phi) is 4.44. The van der Waals surface area contributed by atoms with Crippen molar-refractivity contribution in [3.63, 3.8) is 0 Å². The van der Waals surface area contributed by atoms with Crippen LogP contribution in [0, 0.1) is 17.5 Å². The van der Waals surface area contributed by atoms with Crippen LogP contribution >= 0.6 is 15.9 Å². The number of benzene rings is 2. The van der Waals surface area contributed by atoms with Gasteiger partial charge in [-0.2, -0.15) is 0 Å². The zero-order chi connectivity index (χ0) is 14.7. The van der Waals surface area contributed by atoms with Gasteiger partial charge >= 0.3 is 0 Å². The lowest BCUT2D eigenvalue weighted by Gasteiger charge is -2.08. The van der Waals surface area contributed by atoms with Gasteiger partial charge in [-0.15, -0.1) is 0 Å². The van der Waals surface area contributed by atoms with Crippen LogP contribution in [0.2, 0.25) is 0 Å². The second-order valence-electron chi connectivity index (χ2n) is 4.06. The van der Waals surface area contributed by atoms with E-state index in [1.54, 1.807) is 6.07 Å². The molecule has 0 aliphatic rings. The highest BCUT2D eigenvalue weighted by Crippen LogP contribution is 2.24. The molecular formula is C14H9BrF3NO. The molecule has 2 aromatic rings. The summed E-state index contributed by atoms with van der Waals surface area (Å²) >= 11 is 2.93. The maximum Gasteiger partial charge on any atom is 0.229 e. The van der Waals surface area contributed by atoms with Crippen LogP contribution in [-0.4, -0.2) is 5.91 Å². The van der Waals surface area contributed by atoms with E-state index < -0.39 is 29.0 Å². The van der Waals surface area contributed by atoms with Crippen LogP contribution in [0.25, 0.3) is 0 Å². The number of nitrogens with one attached hydrogen (secondary N) is 1. The quantitative estimate of drug-likeness (QED) is 0.894. The average molecular weight is 344 g/mol. The van der Waals surface area contributed by atoms with Crippen LogP contribution in [0.1, 0.15) is 5.56 Å². The van der Waals surface area contributed by atoms with E-state index in [0.717, 1.165) is 12.1 Å². The molecule has 0 saturated carbocycles. The third-order valence-corrected chi connectivity index (χ3v) is 3.04. The number of carbonyl (C=O) groups excluding carboxylic acids is 1. The number of hydrogen-bond donors (Lipinski definition) is 1. The highest BCUT2D eigenvalue weighted by molar-refractivity contribution is 9.10. The molecule has 6 heteroatoms. The lowest BCUT2D eigenvalue weighted by molar-refractivity contribution is -0.115. The summed E-state index contributed by atoms with van der Waals surface area (Å²) in [4.78, 5) is 11.7. The topological polar surface area (TPSA) is 29.1 Å². The van der Waals surface area contributed by atoms with E-state index in [0.29, 0.717) is 0 Å². The molecule has 1 amide bonds. The van der Waals surface area contributed by atoms with Crippen LogP contribution in [0.5, 0.6) is 0 Å². The molecule has 104 valence electrons. The van der Waals surface area contributed by atoms with Gasteiger partial charge in [-0.3, -0.25) is 4.79 Å². The van der Waals surface area contributed by atoms with E-state index in [1.807, 2.05) is 0 Å². The van der Waals surface area contributed by atoms with Crippen molar-refractivity contribution in [2.24, 2.45) is 0 Å². The van der Waals surface area contributed by atoms with E-state index in [9.17, 15) is 18.0 Å². The van der Waals surface area contributed by atoms with Gasteiger partial charge in [0.2, 0.25) is 5.91 Å². The minimum Gasteiger partial charge on any atom is -0.321 e. The Hall–Kier alpha value is -1.82. The smallest absolute Gasteiger partial charge is 0.229 e. The molecule has 2 nitrogen and oxygen atoms in total. The molecule has 0 unspecified atom stereocenters. The summed E-state index contributed by atoms with van der Waals surface area (Å²) in [6, 6.07) is 7.77. The first-order chi connectivity index (χ1) is 9.47. The van der Waals surface area contributed by atoms with Crippen LogP contribution in [0.3, 0.4) is 0 Å². The summed E-state index contributed by atoms with van der Waals surface area (Å²) in [5.74, 6) is -3.05. The molecule has 0 fully saturated rings. The maximum atomic E-state index is 13.5. The van der Waals surface area contributed by atoms with Gasteiger partial charge in [0.15, 0.2) is 11.6 Å². The molecule has 1 N–H and O–H groups in total. The molecule has 0 radical (unpaired) electrons. The third kappa shape index (κ3) is 3.39. The SMILES string of the molecule is O=C(Cc1ccccc1F)Nc1c(F)cc(Br)cc1F. The van der Waals surface area contributed by atoms with E-state index in [4.69, 9.17) is 0 Å². The minimum atomic E-state index is -0.904. The molecule has 0 saturated heterocycles. The van der Waals surface area contributed by atoms with Gasteiger partial charge in [-0.05, 0) is 23.8 Å². The summed E-state index contributed by atoms with van der Waals surface area (Å²) in [6.07, 6.45) is -0.304. The second kappa shape index (κ2) is 6.09. The Morgan fingerprint density at radius 3 is 2.25 bits per heavy atom. The van der Waals surface area contributed by atoms with Gasteiger partial charge in [0.1, 0.15) is 11.5 Å². The molecule has 2 aromatic carbocycles.